The molecule has 88 valence electrons. The first-order valence-corrected chi connectivity index (χ1v) is 5.95. The molecule has 2 aromatic rings. The summed E-state index contributed by atoms with van der Waals surface area (Å²) in [7, 11) is 0. The monoisotopic (exact) mass is 256 g/mol. The summed E-state index contributed by atoms with van der Waals surface area (Å²) in [6, 6.07) is 15.3. The van der Waals surface area contributed by atoms with E-state index in [0.717, 1.165) is 22.6 Å². The SMILES string of the molecule is NC1=[NH+]C(=Nc2ccc(Cl)cc2)c2ccccc21. The second kappa shape index (κ2) is 4.27. The number of nitrogens with one attached hydrogen (secondary N) is 1. The molecule has 0 bridgehead atoms. The van der Waals surface area contributed by atoms with Gasteiger partial charge in [0.25, 0.3) is 5.84 Å². The van der Waals surface area contributed by atoms with E-state index in [-0.39, 0.29) is 0 Å². The number of hydrogen-bond acceptors (Lipinski definition) is 2. The molecule has 0 spiro atoms. The Morgan fingerprint density at radius 1 is 0.944 bits per heavy atom. The molecule has 0 saturated heterocycles. The van der Waals surface area contributed by atoms with E-state index in [2.05, 4.69) is 9.98 Å². The quantitative estimate of drug-likeness (QED) is 0.792. The Morgan fingerprint density at radius 2 is 1.61 bits per heavy atom. The fourth-order valence-corrected chi connectivity index (χ4v) is 2.05. The van der Waals surface area contributed by atoms with Crippen molar-refractivity contribution in [2.45, 2.75) is 0 Å². The molecule has 0 amide bonds. The van der Waals surface area contributed by atoms with Gasteiger partial charge in [-0.1, -0.05) is 23.7 Å². The summed E-state index contributed by atoms with van der Waals surface area (Å²) in [5, 5.41) is 0.699. The van der Waals surface area contributed by atoms with Crippen LogP contribution in [-0.4, -0.2) is 11.7 Å². The largest absolute Gasteiger partial charge is 0.318 e. The van der Waals surface area contributed by atoms with Gasteiger partial charge < -0.3 is 5.73 Å². The number of aliphatic imine (C=N–C) groups is 1. The molecular formula is C14H11ClN3+. The van der Waals surface area contributed by atoms with Gasteiger partial charge in [-0.15, -0.1) is 4.99 Å². The van der Waals surface area contributed by atoms with Gasteiger partial charge >= 0.3 is 0 Å². The first-order chi connectivity index (χ1) is 8.74. The van der Waals surface area contributed by atoms with Crippen LogP contribution in [0.2, 0.25) is 5.02 Å². The Bertz CT molecular complexity index is 657. The van der Waals surface area contributed by atoms with E-state index in [1.807, 2.05) is 48.5 Å². The summed E-state index contributed by atoms with van der Waals surface area (Å²) < 4.78 is 0. The highest BCUT2D eigenvalue weighted by Crippen LogP contribution is 2.18. The highest BCUT2D eigenvalue weighted by atomic mass is 35.5. The predicted molar refractivity (Wildman–Crippen MR) is 73.4 cm³/mol. The number of nitrogens with zero attached hydrogens (tertiary/aromatic N) is 1. The smallest absolute Gasteiger partial charge is 0.269 e. The number of nitrogen functional groups attached to an aromatic ring is 1. The number of fused-ring (bicyclic) bond motifs is 1. The van der Waals surface area contributed by atoms with Gasteiger partial charge in [0.05, 0.1) is 11.1 Å². The molecule has 3 N–H and O–H groups in total. The molecule has 0 radical (unpaired) electrons. The van der Waals surface area contributed by atoms with Gasteiger partial charge in [-0.25, -0.2) is 4.99 Å². The van der Waals surface area contributed by atoms with Gasteiger partial charge in [-0.2, -0.15) is 0 Å². The third kappa shape index (κ3) is 1.89. The fraction of sp³-hybridized carbons (Fsp3) is 0. The minimum Gasteiger partial charge on any atom is -0.318 e. The second-order valence-electron chi connectivity index (χ2n) is 4.02. The van der Waals surface area contributed by atoms with E-state index in [4.69, 9.17) is 17.3 Å². The fourth-order valence-electron chi connectivity index (χ4n) is 1.92. The van der Waals surface area contributed by atoms with E-state index in [1.54, 1.807) is 0 Å². The van der Waals surface area contributed by atoms with E-state index in [0.29, 0.717) is 10.9 Å². The first-order valence-electron chi connectivity index (χ1n) is 5.57. The molecule has 0 aromatic heterocycles. The summed E-state index contributed by atoms with van der Waals surface area (Å²) in [5.74, 6) is 1.41. The van der Waals surface area contributed by atoms with Gasteiger partial charge in [0.2, 0.25) is 5.84 Å². The third-order valence-electron chi connectivity index (χ3n) is 2.79. The number of amidine groups is 2. The maximum Gasteiger partial charge on any atom is 0.269 e. The molecule has 1 heterocycles. The van der Waals surface area contributed by atoms with Crippen LogP contribution in [0.4, 0.5) is 5.69 Å². The minimum absolute atomic E-state index is 0.637. The molecule has 18 heavy (non-hydrogen) atoms. The van der Waals surface area contributed by atoms with Crippen molar-refractivity contribution in [3.8, 4) is 0 Å². The molecule has 3 rings (SSSR count). The maximum absolute atomic E-state index is 5.92. The van der Waals surface area contributed by atoms with Crippen molar-refractivity contribution in [1.29, 1.82) is 0 Å². The van der Waals surface area contributed by atoms with E-state index in [9.17, 15) is 0 Å². The van der Waals surface area contributed by atoms with Crippen LogP contribution >= 0.6 is 11.6 Å². The maximum atomic E-state index is 5.92. The second-order valence-corrected chi connectivity index (χ2v) is 4.46. The molecule has 4 heteroatoms. The van der Waals surface area contributed by atoms with Crippen molar-refractivity contribution < 1.29 is 4.99 Å². The van der Waals surface area contributed by atoms with Crippen LogP contribution in [0.3, 0.4) is 0 Å². The Morgan fingerprint density at radius 3 is 2.33 bits per heavy atom. The Hall–Kier alpha value is -2.13. The lowest BCUT2D eigenvalue weighted by Crippen LogP contribution is -2.76. The lowest BCUT2D eigenvalue weighted by Gasteiger charge is -1.94. The van der Waals surface area contributed by atoms with Crippen molar-refractivity contribution in [2.24, 2.45) is 10.7 Å². The number of rotatable bonds is 1. The molecule has 0 atom stereocenters. The molecule has 0 fully saturated rings. The zero-order valence-electron chi connectivity index (χ0n) is 9.52. The molecule has 3 nitrogen and oxygen atoms in total. The van der Waals surface area contributed by atoms with Crippen LogP contribution in [0.5, 0.6) is 0 Å². The zero-order valence-corrected chi connectivity index (χ0v) is 10.3. The summed E-state index contributed by atoms with van der Waals surface area (Å²) in [6.07, 6.45) is 0. The molecule has 1 aliphatic rings. The molecule has 0 aliphatic carbocycles. The Kier molecular flexibility index (Phi) is 2.61. The van der Waals surface area contributed by atoms with Gasteiger partial charge in [0, 0.05) is 5.02 Å². The normalized spacial score (nSPS) is 15.6. The Labute approximate surface area is 110 Å². The van der Waals surface area contributed by atoms with Crippen molar-refractivity contribution in [2.75, 3.05) is 0 Å². The Balaban J connectivity index is 2.07. The topological polar surface area (TPSA) is 52.4 Å². The number of nitrogens with two attached hydrogens (primary N) is 1. The van der Waals surface area contributed by atoms with Crippen LogP contribution in [-0.2, 0) is 0 Å². The minimum atomic E-state index is 0.637. The van der Waals surface area contributed by atoms with E-state index < -0.39 is 0 Å². The van der Waals surface area contributed by atoms with Gasteiger partial charge in [0.1, 0.15) is 5.69 Å². The van der Waals surface area contributed by atoms with Gasteiger partial charge in [0.15, 0.2) is 0 Å². The van der Waals surface area contributed by atoms with Gasteiger partial charge in [-0.3, -0.25) is 0 Å². The van der Waals surface area contributed by atoms with Crippen molar-refractivity contribution in [1.82, 2.24) is 0 Å². The lowest BCUT2D eigenvalue weighted by molar-refractivity contribution is -0.311. The highest BCUT2D eigenvalue weighted by molar-refractivity contribution is 6.30. The zero-order chi connectivity index (χ0) is 12.5. The average molecular weight is 257 g/mol. The standard InChI is InChI=1S/C14H10ClN3/c15-9-5-7-10(8-6-9)17-14-12-4-2-1-3-11(12)13(16)18-14/h1-8H,(H2,16,17,18)/p+1. The lowest BCUT2D eigenvalue weighted by atomic mass is 10.1. The number of hydrogen-bond donors (Lipinski definition) is 2. The van der Waals surface area contributed by atoms with Gasteiger partial charge in [-0.05, 0) is 36.4 Å². The van der Waals surface area contributed by atoms with Crippen LogP contribution in [0, 0.1) is 0 Å². The third-order valence-corrected chi connectivity index (χ3v) is 3.04. The van der Waals surface area contributed by atoms with Crippen LogP contribution in [0.15, 0.2) is 53.5 Å². The average Bonchev–Trinajstić information content (AvgIpc) is 2.70. The highest BCUT2D eigenvalue weighted by Gasteiger charge is 2.23. The predicted octanol–water partition coefficient (Wildman–Crippen LogP) is 1.22. The molecule has 1 aliphatic heterocycles. The molecular weight excluding hydrogens is 246 g/mol. The van der Waals surface area contributed by atoms with E-state index >= 15 is 0 Å². The van der Waals surface area contributed by atoms with Crippen molar-refractivity contribution in [3.05, 3.63) is 64.7 Å². The van der Waals surface area contributed by atoms with E-state index in [1.165, 1.54) is 0 Å². The number of halogens is 1. The van der Waals surface area contributed by atoms with Crippen molar-refractivity contribution in [3.63, 3.8) is 0 Å². The molecule has 0 saturated carbocycles. The van der Waals surface area contributed by atoms with Crippen LogP contribution in [0.25, 0.3) is 0 Å². The van der Waals surface area contributed by atoms with Crippen molar-refractivity contribution >= 4 is 29.0 Å². The number of benzene rings is 2. The summed E-state index contributed by atoms with van der Waals surface area (Å²) >= 11 is 5.84. The first kappa shape index (κ1) is 11.0. The summed E-state index contributed by atoms with van der Waals surface area (Å²) in [5.41, 5.74) is 8.77. The van der Waals surface area contributed by atoms with Crippen LogP contribution in [0.1, 0.15) is 11.1 Å². The van der Waals surface area contributed by atoms with Crippen LogP contribution < -0.4 is 10.7 Å². The summed E-state index contributed by atoms with van der Waals surface area (Å²) in [6.45, 7) is 0. The summed E-state index contributed by atoms with van der Waals surface area (Å²) in [4.78, 5) is 7.63. The molecule has 0 unspecified atom stereocenters. The molecule has 2 aromatic carbocycles.